The zero-order chi connectivity index (χ0) is 10.4. The molecule has 14 heavy (non-hydrogen) atoms. The topological polar surface area (TPSA) is 50.1 Å². The number of rotatable bonds is 1. The lowest BCUT2D eigenvalue weighted by Gasteiger charge is -2.36. The number of nitrogens with zero attached hydrogens (tertiary/aromatic N) is 2. The van der Waals surface area contributed by atoms with Gasteiger partial charge in [-0.3, -0.25) is 4.68 Å². The van der Waals surface area contributed by atoms with E-state index in [4.69, 9.17) is 0 Å². The van der Waals surface area contributed by atoms with Gasteiger partial charge in [0, 0.05) is 24.8 Å². The Morgan fingerprint density at radius 3 is 2.50 bits per heavy atom. The molecular formula is C10H17N3O. The van der Waals surface area contributed by atoms with Crippen LogP contribution >= 0.6 is 0 Å². The van der Waals surface area contributed by atoms with Crippen molar-refractivity contribution in [3.63, 3.8) is 0 Å². The molecule has 1 aliphatic heterocycles. The fraction of sp³-hybridized carbons (Fsp3) is 0.700. The summed E-state index contributed by atoms with van der Waals surface area (Å²) in [5.41, 5.74) is 0.195. The Morgan fingerprint density at radius 2 is 2.14 bits per heavy atom. The first kappa shape index (κ1) is 9.68. The number of hydrogen-bond donors (Lipinski definition) is 2. The second-order valence-electron chi connectivity index (χ2n) is 4.98. The van der Waals surface area contributed by atoms with Gasteiger partial charge in [0.25, 0.3) is 0 Å². The molecule has 0 spiro atoms. The molecule has 0 unspecified atom stereocenters. The molecule has 78 valence electrons. The van der Waals surface area contributed by atoms with Crippen LogP contribution < -0.4 is 5.32 Å². The van der Waals surface area contributed by atoms with Crippen molar-refractivity contribution < 1.29 is 5.11 Å². The summed E-state index contributed by atoms with van der Waals surface area (Å²) in [6.07, 6.45) is 3.69. The van der Waals surface area contributed by atoms with Gasteiger partial charge in [0.1, 0.15) is 5.60 Å². The van der Waals surface area contributed by atoms with Gasteiger partial charge >= 0.3 is 0 Å². The zero-order valence-corrected chi connectivity index (χ0v) is 8.91. The summed E-state index contributed by atoms with van der Waals surface area (Å²) in [5, 5.41) is 17.4. The first-order valence-corrected chi connectivity index (χ1v) is 4.91. The van der Waals surface area contributed by atoms with E-state index in [2.05, 4.69) is 31.2 Å². The molecule has 1 fully saturated rings. The number of hydrogen-bond acceptors (Lipinski definition) is 3. The summed E-state index contributed by atoms with van der Waals surface area (Å²) >= 11 is 0. The van der Waals surface area contributed by atoms with E-state index in [9.17, 15) is 5.11 Å². The van der Waals surface area contributed by atoms with Crippen LogP contribution in [0.15, 0.2) is 12.4 Å². The third-order valence-electron chi connectivity index (χ3n) is 2.64. The fourth-order valence-corrected chi connectivity index (χ4v) is 1.50. The summed E-state index contributed by atoms with van der Waals surface area (Å²) in [4.78, 5) is 0. The van der Waals surface area contributed by atoms with Crippen LogP contribution in [0.1, 0.15) is 26.3 Å². The van der Waals surface area contributed by atoms with Gasteiger partial charge in [-0.05, 0) is 20.8 Å². The molecule has 0 saturated carbocycles. The standard InChI is InChI=1S/C10H17N3O/c1-9(2,3)13-5-8(4-12-13)10(14)6-11-7-10/h4-5,11,14H,6-7H2,1-3H3. The highest BCUT2D eigenvalue weighted by atomic mass is 16.3. The average Bonchev–Trinajstić information content (AvgIpc) is 2.46. The molecule has 1 saturated heterocycles. The Hall–Kier alpha value is -0.870. The highest BCUT2D eigenvalue weighted by Gasteiger charge is 2.37. The number of β-amino-alcohol motifs (C(OH)–C–C–N with tert-alkyl or cyclic N) is 1. The maximum absolute atomic E-state index is 10.0. The van der Waals surface area contributed by atoms with Crippen LogP contribution in [0.2, 0.25) is 0 Å². The Bertz CT molecular complexity index is 333. The van der Waals surface area contributed by atoms with Gasteiger partial charge in [0.2, 0.25) is 0 Å². The molecule has 1 aromatic rings. The second-order valence-corrected chi connectivity index (χ2v) is 4.98. The van der Waals surface area contributed by atoms with Gasteiger partial charge in [-0.1, -0.05) is 0 Å². The van der Waals surface area contributed by atoms with Gasteiger partial charge in [0.05, 0.1) is 11.7 Å². The molecule has 4 nitrogen and oxygen atoms in total. The van der Waals surface area contributed by atoms with Gasteiger partial charge in [-0.25, -0.2) is 0 Å². The van der Waals surface area contributed by atoms with Crippen molar-refractivity contribution in [3.05, 3.63) is 18.0 Å². The van der Waals surface area contributed by atoms with Crippen molar-refractivity contribution in [3.8, 4) is 0 Å². The van der Waals surface area contributed by atoms with Crippen molar-refractivity contribution in [1.29, 1.82) is 0 Å². The van der Waals surface area contributed by atoms with Gasteiger partial charge in [-0.2, -0.15) is 5.10 Å². The van der Waals surface area contributed by atoms with E-state index in [1.54, 1.807) is 6.20 Å². The largest absolute Gasteiger partial charge is 0.382 e. The number of nitrogens with one attached hydrogen (secondary N) is 1. The van der Waals surface area contributed by atoms with Crippen molar-refractivity contribution in [2.45, 2.75) is 31.9 Å². The maximum atomic E-state index is 10.0. The molecule has 2 rings (SSSR count). The molecule has 4 heteroatoms. The summed E-state index contributed by atoms with van der Waals surface area (Å²) in [5.74, 6) is 0. The van der Waals surface area contributed by atoms with Gasteiger partial charge in [-0.15, -0.1) is 0 Å². The summed E-state index contributed by atoms with van der Waals surface area (Å²) < 4.78 is 1.89. The molecule has 0 bridgehead atoms. The van der Waals surface area contributed by atoms with Crippen LogP contribution in [0, 0.1) is 0 Å². The van der Waals surface area contributed by atoms with Crippen LogP contribution in [0.25, 0.3) is 0 Å². The van der Waals surface area contributed by atoms with Crippen LogP contribution in [-0.2, 0) is 11.1 Å². The van der Waals surface area contributed by atoms with E-state index in [1.807, 2.05) is 10.9 Å². The van der Waals surface area contributed by atoms with E-state index >= 15 is 0 Å². The maximum Gasteiger partial charge on any atom is 0.117 e. The minimum atomic E-state index is -0.691. The first-order chi connectivity index (χ1) is 6.42. The SMILES string of the molecule is CC(C)(C)n1cc(C2(O)CNC2)cn1. The third-order valence-corrected chi connectivity index (χ3v) is 2.64. The van der Waals surface area contributed by atoms with Crippen molar-refractivity contribution in [2.24, 2.45) is 0 Å². The van der Waals surface area contributed by atoms with Crippen molar-refractivity contribution >= 4 is 0 Å². The average molecular weight is 195 g/mol. The van der Waals surface area contributed by atoms with Gasteiger partial charge in [0.15, 0.2) is 0 Å². The van der Waals surface area contributed by atoms with Crippen LogP contribution in [0.3, 0.4) is 0 Å². The highest BCUT2D eigenvalue weighted by molar-refractivity contribution is 5.20. The number of aromatic nitrogens is 2. The summed E-state index contributed by atoms with van der Waals surface area (Å²) in [7, 11) is 0. The van der Waals surface area contributed by atoms with E-state index in [1.165, 1.54) is 0 Å². The predicted octanol–water partition coefficient (Wildman–Crippen LogP) is 0.429. The normalized spacial score (nSPS) is 20.6. The van der Waals surface area contributed by atoms with Crippen molar-refractivity contribution in [1.82, 2.24) is 15.1 Å². The lowest BCUT2D eigenvalue weighted by atomic mass is 9.91. The molecule has 2 N–H and O–H groups in total. The Labute approximate surface area is 83.9 Å². The molecule has 1 aromatic heterocycles. The smallest absolute Gasteiger partial charge is 0.117 e. The van der Waals surface area contributed by atoms with Crippen molar-refractivity contribution in [2.75, 3.05) is 13.1 Å². The molecule has 0 aliphatic carbocycles. The summed E-state index contributed by atoms with van der Waals surface area (Å²) in [6.45, 7) is 7.53. The monoisotopic (exact) mass is 195 g/mol. The molecule has 0 aromatic carbocycles. The molecule has 0 atom stereocenters. The van der Waals surface area contributed by atoms with Crippen LogP contribution in [0.4, 0.5) is 0 Å². The third kappa shape index (κ3) is 1.44. The van der Waals surface area contributed by atoms with Crippen LogP contribution in [0.5, 0.6) is 0 Å². The number of aliphatic hydroxyl groups is 1. The molecule has 0 radical (unpaired) electrons. The second kappa shape index (κ2) is 2.81. The first-order valence-electron chi connectivity index (χ1n) is 4.91. The lowest BCUT2D eigenvalue weighted by molar-refractivity contribution is -0.0148. The van der Waals surface area contributed by atoms with Crippen LogP contribution in [-0.4, -0.2) is 28.0 Å². The lowest BCUT2D eigenvalue weighted by Crippen LogP contribution is -2.56. The Morgan fingerprint density at radius 1 is 1.50 bits per heavy atom. The Kier molecular flexibility index (Phi) is 1.94. The van der Waals surface area contributed by atoms with E-state index in [-0.39, 0.29) is 5.54 Å². The predicted molar refractivity (Wildman–Crippen MR) is 54.0 cm³/mol. The molecular weight excluding hydrogens is 178 g/mol. The summed E-state index contributed by atoms with van der Waals surface area (Å²) in [6, 6.07) is 0. The Balaban J connectivity index is 2.26. The van der Waals surface area contributed by atoms with Gasteiger partial charge < -0.3 is 10.4 Å². The minimum absolute atomic E-state index is 0.0220. The minimum Gasteiger partial charge on any atom is -0.382 e. The fourth-order valence-electron chi connectivity index (χ4n) is 1.50. The molecule has 2 heterocycles. The molecule has 1 aliphatic rings. The quantitative estimate of drug-likeness (QED) is 0.683. The molecule has 0 amide bonds. The highest BCUT2D eigenvalue weighted by Crippen LogP contribution is 2.26. The van der Waals surface area contributed by atoms with E-state index in [0.29, 0.717) is 13.1 Å². The zero-order valence-electron chi connectivity index (χ0n) is 8.91. The van der Waals surface area contributed by atoms with E-state index < -0.39 is 5.60 Å². The van der Waals surface area contributed by atoms with E-state index in [0.717, 1.165) is 5.56 Å².